The minimum atomic E-state index is 0.770. The summed E-state index contributed by atoms with van der Waals surface area (Å²) in [6.07, 6.45) is 11.7. The second-order valence-corrected chi connectivity index (χ2v) is 4.47. The molecule has 0 aromatic heterocycles. The van der Waals surface area contributed by atoms with Gasteiger partial charge in [-0.2, -0.15) is 0 Å². The molecular formula is C16H20O2. The van der Waals surface area contributed by atoms with Gasteiger partial charge in [0, 0.05) is 0 Å². The maximum Gasteiger partial charge on any atom is 0.161 e. The van der Waals surface area contributed by atoms with Gasteiger partial charge in [-0.15, -0.1) is 0 Å². The summed E-state index contributed by atoms with van der Waals surface area (Å²) in [7, 11) is 3.31. The smallest absolute Gasteiger partial charge is 0.161 e. The van der Waals surface area contributed by atoms with Crippen molar-refractivity contribution in [3.63, 3.8) is 0 Å². The van der Waals surface area contributed by atoms with Crippen molar-refractivity contribution < 1.29 is 9.47 Å². The number of benzene rings is 1. The van der Waals surface area contributed by atoms with E-state index in [-0.39, 0.29) is 0 Å². The Hall–Kier alpha value is -1.70. The van der Waals surface area contributed by atoms with E-state index in [0.29, 0.717) is 0 Å². The number of allylic oxidation sites excluding steroid dienone is 3. The molecule has 0 unspecified atom stereocenters. The second kappa shape index (κ2) is 6.29. The summed E-state index contributed by atoms with van der Waals surface area (Å²) in [5.41, 5.74) is 2.58. The molecule has 0 amide bonds. The van der Waals surface area contributed by atoms with Crippen LogP contribution >= 0.6 is 0 Å². The molecule has 1 aliphatic rings. The van der Waals surface area contributed by atoms with Crippen LogP contribution in [0.25, 0.3) is 6.08 Å². The summed E-state index contributed by atoms with van der Waals surface area (Å²) in [5, 5.41) is 0. The molecule has 0 saturated heterocycles. The van der Waals surface area contributed by atoms with E-state index in [1.54, 1.807) is 14.2 Å². The quantitative estimate of drug-likeness (QED) is 0.789. The first-order chi connectivity index (χ1) is 8.83. The fourth-order valence-electron chi connectivity index (χ4n) is 2.17. The highest BCUT2D eigenvalue weighted by Crippen LogP contribution is 2.28. The van der Waals surface area contributed by atoms with Crippen molar-refractivity contribution in [3.05, 3.63) is 41.5 Å². The average Bonchev–Trinajstić information content (AvgIpc) is 2.45. The van der Waals surface area contributed by atoms with Crippen LogP contribution in [0.4, 0.5) is 0 Å². The molecule has 0 atom stereocenters. The van der Waals surface area contributed by atoms with E-state index >= 15 is 0 Å². The van der Waals surface area contributed by atoms with Crippen LogP contribution in [0, 0.1) is 0 Å². The molecule has 0 spiro atoms. The van der Waals surface area contributed by atoms with Crippen molar-refractivity contribution in [2.24, 2.45) is 0 Å². The van der Waals surface area contributed by atoms with Gasteiger partial charge >= 0.3 is 0 Å². The van der Waals surface area contributed by atoms with E-state index in [1.807, 2.05) is 18.2 Å². The van der Waals surface area contributed by atoms with E-state index in [9.17, 15) is 0 Å². The zero-order chi connectivity index (χ0) is 12.8. The Labute approximate surface area is 109 Å². The summed E-state index contributed by atoms with van der Waals surface area (Å²) in [5.74, 6) is 1.55. The van der Waals surface area contributed by atoms with Gasteiger partial charge in [0.2, 0.25) is 0 Å². The molecule has 0 saturated carbocycles. The van der Waals surface area contributed by atoms with Crippen LogP contribution in [-0.4, -0.2) is 14.2 Å². The second-order valence-electron chi connectivity index (χ2n) is 4.47. The molecule has 0 radical (unpaired) electrons. The zero-order valence-electron chi connectivity index (χ0n) is 11.1. The van der Waals surface area contributed by atoms with Crippen molar-refractivity contribution >= 4 is 6.08 Å². The summed E-state index contributed by atoms with van der Waals surface area (Å²) in [4.78, 5) is 0. The minimum absolute atomic E-state index is 0.770. The molecule has 2 rings (SSSR count). The largest absolute Gasteiger partial charge is 0.493 e. The van der Waals surface area contributed by atoms with E-state index < -0.39 is 0 Å². The molecule has 0 bridgehead atoms. The lowest BCUT2D eigenvalue weighted by molar-refractivity contribution is 0.355. The Morgan fingerprint density at radius 1 is 1.00 bits per heavy atom. The van der Waals surface area contributed by atoms with Gasteiger partial charge in [-0.25, -0.2) is 0 Å². The Morgan fingerprint density at radius 3 is 2.50 bits per heavy atom. The van der Waals surface area contributed by atoms with Gasteiger partial charge in [0.05, 0.1) is 14.2 Å². The molecule has 18 heavy (non-hydrogen) atoms. The SMILES string of the molecule is COc1ccc(/C=C/C2=CCCCC2)cc1OC. The lowest BCUT2D eigenvalue weighted by Gasteiger charge is -2.09. The Balaban J connectivity index is 2.13. The van der Waals surface area contributed by atoms with Crippen LogP contribution in [-0.2, 0) is 0 Å². The molecule has 2 nitrogen and oxygen atoms in total. The lowest BCUT2D eigenvalue weighted by Crippen LogP contribution is -1.91. The standard InChI is InChI=1S/C16H20O2/c1-17-15-11-10-14(12-16(15)18-2)9-8-13-6-4-3-5-7-13/h6,8-12H,3-5,7H2,1-2H3/b9-8+. The number of hydrogen-bond acceptors (Lipinski definition) is 2. The van der Waals surface area contributed by atoms with E-state index in [0.717, 1.165) is 17.1 Å². The minimum Gasteiger partial charge on any atom is -0.493 e. The third-order valence-corrected chi connectivity index (χ3v) is 3.22. The van der Waals surface area contributed by atoms with Gasteiger partial charge in [-0.05, 0) is 43.4 Å². The summed E-state index contributed by atoms with van der Waals surface area (Å²) >= 11 is 0. The van der Waals surface area contributed by atoms with Gasteiger partial charge in [-0.1, -0.05) is 29.9 Å². The van der Waals surface area contributed by atoms with Gasteiger partial charge in [0.15, 0.2) is 11.5 Å². The predicted molar refractivity (Wildman–Crippen MR) is 75.1 cm³/mol. The van der Waals surface area contributed by atoms with E-state index in [4.69, 9.17) is 9.47 Å². The fourth-order valence-corrected chi connectivity index (χ4v) is 2.17. The summed E-state index contributed by atoms with van der Waals surface area (Å²) < 4.78 is 10.5. The third kappa shape index (κ3) is 3.16. The number of methoxy groups -OCH3 is 2. The monoisotopic (exact) mass is 244 g/mol. The van der Waals surface area contributed by atoms with Crippen LogP contribution < -0.4 is 9.47 Å². The Bertz CT molecular complexity index is 458. The van der Waals surface area contributed by atoms with Crippen LogP contribution in [0.1, 0.15) is 31.2 Å². The van der Waals surface area contributed by atoms with Crippen molar-refractivity contribution in [1.29, 1.82) is 0 Å². The average molecular weight is 244 g/mol. The molecular weight excluding hydrogens is 224 g/mol. The lowest BCUT2D eigenvalue weighted by atomic mass is 9.99. The molecule has 0 N–H and O–H groups in total. The van der Waals surface area contributed by atoms with Gasteiger partial charge < -0.3 is 9.47 Å². The van der Waals surface area contributed by atoms with E-state index in [2.05, 4.69) is 18.2 Å². The van der Waals surface area contributed by atoms with Gasteiger partial charge in [-0.3, -0.25) is 0 Å². The highest BCUT2D eigenvalue weighted by Gasteiger charge is 2.03. The summed E-state index contributed by atoms with van der Waals surface area (Å²) in [6, 6.07) is 5.98. The molecule has 1 aromatic carbocycles. The van der Waals surface area contributed by atoms with Crippen molar-refractivity contribution in [2.45, 2.75) is 25.7 Å². The molecule has 1 aromatic rings. The normalized spacial score (nSPS) is 15.6. The van der Waals surface area contributed by atoms with Crippen LogP contribution in [0.5, 0.6) is 11.5 Å². The number of ether oxygens (including phenoxy) is 2. The van der Waals surface area contributed by atoms with Crippen LogP contribution in [0.3, 0.4) is 0 Å². The maximum absolute atomic E-state index is 5.30. The predicted octanol–water partition coefficient (Wildman–Crippen LogP) is 4.22. The van der Waals surface area contributed by atoms with Crippen molar-refractivity contribution in [3.8, 4) is 11.5 Å². The fraction of sp³-hybridized carbons (Fsp3) is 0.375. The molecule has 2 heteroatoms. The zero-order valence-corrected chi connectivity index (χ0v) is 11.1. The molecule has 0 fully saturated rings. The highest BCUT2D eigenvalue weighted by atomic mass is 16.5. The van der Waals surface area contributed by atoms with Gasteiger partial charge in [0.1, 0.15) is 0 Å². The molecule has 1 aliphatic carbocycles. The molecule has 96 valence electrons. The van der Waals surface area contributed by atoms with Crippen LogP contribution in [0.15, 0.2) is 35.9 Å². The van der Waals surface area contributed by atoms with Gasteiger partial charge in [0.25, 0.3) is 0 Å². The molecule has 0 heterocycles. The Kier molecular flexibility index (Phi) is 4.46. The first-order valence-corrected chi connectivity index (χ1v) is 6.42. The number of hydrogen-bond donors (Lipinski definition) is 0. The topological polar surface area (TPSA) is 18.5 Å². The van der Waals surface area contributed by atoms with Crippen molar-refractivity contribution in [1.82, 2.24) is 0 Å². The molecule has 0 aliphatic heterocycles. The highest BCUT2D eigenvalue weighted by molar-refractivity contribution is 5.58. The first-order valence-electron chi connectivity index (χ1n) is 6.42. The van der Waals surface area contributed by atoms with Crippen molar-refractivity contribution in [2.75, 3.05) is 14.2 Å². The summed E-state index contributed by atoms with van der Waals surface area (Å²) in [6.45, 7) is 0. The maximum atomic E-state index is 5.30. The van der Waals surface area contributed by atoms with Crippen LogP contribution in [0.2, 0.25) is 0 Å². The number of rotatable bonds is 4. The first kappa shape index (κ1) is 12.7. The Morgan fingerprint density at radius 2 is 1.83 bits per heavy atom. The van der Waals surface area contributed by atoms with E-state index in [1.165, 1.54) is 31.3 Å². The third-order valence-electron chi connectivity index (χ3n) is 3.22.